The summed E-state index contributed by atoms with van der Waals surface area (Å²) < 4.78 is 23.8. The van der Waals surface area contributed by atoms with Crippen molar-refractivity contribution in [2.45, 2.75) is 33.2 Å². The summed E-state index contributed by atoms with van der Waals surface area (Å²) in [5.41, 5.74) is 3.25. The highest BCUT2D eigenvalue weighted by Crippen LogP contribution is 2.21. The van der Waals surface area contributed by atoms with Gasteiger partial charge in [-0.25, -0.2) is 8.42 Å². The van der Waals surface area contributed by atoms with Crippen molar-refractivity contribution in [3.63, 3.8) is 0 Å². The first-order valence-electron chi connectivity index (χ1n) is 8.92. The summed E-state index contributed by atoms with van der Waals surface area (Å²) in [5, 5.41) is 2.88. The van der Waals surface area contributed by atoms with Crippen LogP contribution in [0, 0.1) is 5.92 Å². The lowest BCUT2D eigenvalue weighted by atomic mass is 10.0. The van der Waals surface area contributed by atoms with Gasteiger partial charge in [0, 0.05) is 6.42 Å². The van der Waals surface area contributed by atoms with Crippen LogP contribution in [0.25, 0.3) is 11.1 Å². The molecule has 0 radical (unpaired) electrons. The highest BCUT2D eigenvalue weighted by atomic mass is 32.2. The van der Waals surface area contributed by atoms with Gasteiger partial charge in [0.1, 0.15) is 0 Å². The Morgan fingerprint density at radius 3 is 2.08 bits per heavy atom. The van der Waals surface area contributed by atoms with Gasteiger partial charge in [0.25, 0.3) is 0 Å². The Morgan fingerprint density at radius 1 is 0.923 bits per heavy atom. The summed E-state index contributed by atoms with van der Waals surface area (Å²) in [4.78, 5) is 12.1. The molecule has 0 heterocycles. The molecular formula is C21H27NO3S. The Balaban J connectivity index is 1.91. The molecule has 0 saturated heterocycles. The maximum atomic E-state index is 12.1. The van der Waals surface area contributed by atoms with E-state index in [-0.39, 0.29) is 35.8 Å². The van der Waals surface area contributed by atoms with Gasteiger partial charge in [0.05, 0.1) is 17.5 Å². The summed E-state index contributed by atoms with van der Waals surface area (Å²) in [5.74, 6) is -0.143. The fourth-order valence-electron chi connectivity index (χ4n) is 2.83. The van der Waals surface area contributed by atoms with E-state index in [2.05, 4.69) is 17.4 Å². The quantitative estimate of drug-likeness (QED) is 0.761. The van der Waals surface area contributed by atoms with Gasteiger partial charge < -0.3 is 5.32 Å². The number of sulfone groups is 1. The number of amides is 1. The second kappa shape index (κ2) is 8.99. The number of benzene rings is 2. The summed E-state index contributed by atoms with van der Waals surface area (Å²) in [6.45, 7) is 5.62. The molecule has 0 spiro atoms. The molecule has 2 aromatic rings. The van der Waals surface area contributed by atoms with E-state index in [1.54, 1.807) is 0 Å². The van der Waals surface area contributed by atoms with E-state index < -0.39 is 9.84 Å². The Labute approximate surface area is 156 Å². The standard InChI is InChI=1S/C21H27NO3S/c1-16(2)15-26(24,25)14-13-21(23)22-17(3)18-9-11-20(12-10-18)19-7-5-4-6-8-19/h4-12,16-17H,13-15H2,1-3H3,(H,22,23)/t17-/m0/s1. The van der Waals surface area contributed by atoms with E-state index in [4.69, 9.17) is 0 Å². The minimum Gasteiger partial charge on any atom is -0.350 e. The molecule has 0 aliphatic carbocycles. The third-order valence-electron chi connectivity index (χ3n) is 4.12. The summed E-state index contributed by atoms with van der Waals surface area (Å²) in [7, 11) is -3.17. The molecule has 4 nitrogen and oxygen atoms in total. The van der Waals surface area contributed by atoms with Crippen LogP contribution in [0.2, 0.25) is 0 Å². The maximum absolute atomic E-state index is 12.1. The van der Waals surface area contributed by atoms with Crippen LogP contribution in [0.4, 0.5) is 0 Å². The van der Waals surface area contributed by atoms with Gasteiger partial charge in [-0.05, 0) is 29.5 Å². The van der Waals surface area contributed by atoms with Crippen molar-refractivity contribution in [2.75, 3.05) is 11.5 Å². The number of hydrogen-bond donors (Lipinski definition) is 1. The molecule has 1 atom stereocenters. The maximum Gasteiger partial charge on any atom is 0.221 e. The number of hydrogen-bond acceptors (Lipinski definition) is 3. The van der Waals surface area contributed by atoms with Gasteiger partial charge in [-0.15, -0.1) is 0 Å². The van der Waals surface area contributed by atoms with Crippen molar-refractivity contribution < 1.29 is 13.2 Å². The van der Waals surface area contributed by atoms with Crippen LogP contribution in [0.15, 0.2) is 54.6 Å². The number of carbonyl (C=O) groups excluding carboxylic acids is 1. The monoisotopic (exact) mass is 373 g/mol. The van der Waals surface area contributed by atoms with E-state index in [1.165, 1.54) is 0 Å². The average Bonchev–Trinajstić information content (AvgIpc) is 2.60. The molecule has 140 valence electrons. The average molecular weight is 374 g/mol. The van der Waals surface area contributed by atoms with Crippen LogP contribution in [0.5, 0.6) is 0 Å². The number of carbonyl (C=O) groups is 1. The molecule has 0 aromatic heterocycles. The Kier molecular flexibility index (Phi) is 6.98. The molecule has 0 unspecified atom stereocenters. The number of nitrogens with one attached hydrogen (secondary N) is 1. The van der Waals surface area contributed by atoms with E-state index in [0.717, 1.165) is 16.7 Å². The Hall–Kier alpha value is -2.14. The van der Waals surface area contributed by atoms with Gasteiger partial charge in [-0.1, -0.05) is 68.4 Å². The molecule has 0 aliphatic rings. The van der Waals surface area contributed by atoms with E-state index in [9.17, 15) is 13.2 Å². The van der Waals surface area contributed by atoms with Crippen molar-refractivity contribution in [2.24, 2.45) is 5.92 Å². The van der Waals surface area contributed by atoms with Crippen molar-refractivity contribution in [3.05, 3.63) is 60.2 Å². The lowest BCUT2D eigenvalue weighted by Gasteiger charge is -2.15. The largest absolute Gasteiger partial charge is 0.350 e. The first kappa shape index (κ1) is 20.2. The minimum atomic E-state index is -3.17. The summed E-state index contributed by atoms with van der Waals surface area (Å²) in [6, 6.07) is 18.0. The van der Waals surface area contributed by atoms with Crippen molar-refractivity contribution in [3.8, 4) is 11.1 Å². The summed E-state index contributed by atoms with van der Waals surface area (Å²) in [6.07, 6.45) is 0.00148. The van der Waals surface area contributed by atoms with E-state index >= 15 is 0 Å². The molecule has 26 heavy (non-hydrogen) atoms. The second-order valence-electron chi connectivity index (χ2n) is 7.04. The molecule has 1 N–H and O–H groups in total. The molecule has 0 saturated carbocycles. The van der Waals surface area contributed by atoms with Crippen molar-refractivity contribution >= 4 is 15.7 Å². The van der Waals surface area contributed by atoms with Gasteiger partial charge in [-0.2, -0.15) is 0 Å². The molecule has 0 aliphatic heterocycles. The minimum absolute atomic E-state index is 0.00148. The summed E-state index contributed by atoms with van der Waals surface area (Å²) >= 11 is 0. The second-order valence-corrected chi connectivity index (χ2v) is 9.26. The first-order valence-corrected chi connectivity index (χ1v) is 10.7. The molecule has 1 amide bonds. The van der Waals surface area contributed by atoms with Crippen molar-refractivity contribution in [1.29, 1.82) is 0 Å². The van der Waals surface area contributed by atoms with Gasteiger partial charge in [-0.3, -0.25) is 4.79 Å². The van der Waals surface area contributed by atoms with Gasteiger partial charge in [0.15, 0.2) is 9.84 Å². The van der Waals surface area contributed by atoms with Crippen LogP contribution >= 0.6 is 0 Å². The normalized spacial score (nSPS) is 12.8. The van der Waals surface area contributed by atoms with Crippen LogP contribution in [-0.2, 0) is 14.6 Å². The molecule has 2 aromatic carbocycles. The third-order valence-corrected chi connectivity index (χ3v) is 6.12. The zero-order valence-corrected chi connectivity index (χ0v) is 16.4. The zero-order chi connectivity index (χ0) is 19.2. The third kappa shape index (κ3) is 6.30. The van der Waals surface area contributed by atoms with Crippen LogP contribution < -0.4 is 5.32 Å². The number of rotatable bonds is 8. The molecular weight excluding hydrogens is 346 g/mol. The van der Waals surface area contributed by atoms with E-state index in [0.29, 0.717) is 0 Å². The molecule has 2 rings (SSSR count). The topological polar surface area (TPSA) is 63.2 Å². The first-order chi connectivity index (χ1) is 12.3. The Morgan fingerprint density at radius 2 is 1.50 bits per heavy atom. The predicted molar refractivity (Wildman–Crippen MR) is 107 cm³/mol. The van der Waals surface area contributed by atoms with Crippen LogP contribution in [-0.4, -0.2) is 25.8 Å². The lowest BCUT2D eigenvalue weighted by molar-refractivity contribution is -0.121. The Bertz CT molecular complexity index is 812. The highest BCUT2D eigenvalue weighted by Gasteiger charge is 2.17. The fraction of sp³-hybridized carbons (Fsp3) is 0.381. The fourth-order valence-corrected chi connectivity index (χ4v) is 4.51. The SMILES string of the molecule is CC(C)CS(=O)(=O)CCC(=O)N[C@@H](C)c1ccc(-c2ccccc2)cc1. The van der Waals surface area contributed by atoms with Crippen molar-refractivity contribution in [1.82, 2.24) is 5.32 Å². The molecule has 0 bridgehead atoms. The van der Waals surface area contributed by atoms with Gasteiger partial charge >= 0.3 is 0 Å². The highest BCUT2D eigenvalue weighted by molar-refractivity contribution is 7.91. The smallest absolute Gasteiger partial charge is 0.221 e. The van der Waals surface area contributed by atoms with Crippen LogP contribution in [0.3, 0.4) is 0 Å². The molecule has 5 heteroatoms. The van der Waals surface area contributed by atoms with E-state index in [1.807, 2.05) is 63.2 Å². The lowest BCUT2D eigenvalue weighted by Crippen LogP contribution is -2.29. The van der Waals surface area contributed by atoms with Gasteiger partial charge in [0.2, 0.25) is 5.91 Å². The molecule has 0 fully saturated rings. The van der Waals surface area contributed by atoms with Crippen LogP contribution in [0.1, 0.15) is 38.8 Å². The zero-order valence-electron chi connectivity index (χ0n) is 15.6. The predicted octanol–water partition coefficient (Wildman–Crippen LogP) is 3.99.